The lowest BCUT2D eigenvalue weighted by molar-refractivity contribution is 0.401. The van der Waals surface area contributed by atoms with Crippen LogP contribution in [0.25, 0.3) is 10.9 Å². The molecular weight excluding hydrogens is 286 g/mol. The summed E-state index contributed by atoms with van der Waals surface area (Å²) in [6, 6.07) is 16.4. The molecular formula is C19H23N3O. The van der Waals surface area contributed by atoms with E-state index in [9.17, 15) is 0 Å². The van der Waals surface area contributed by atoms with E-state index in [1.54, 1.807) is 7.11 Å². The van der Waals surface area contributed by atoms with Gasteiger partial charge in [-0.15, -0.1) is 0 Å². The van der Waals surface area contributed by atoms with Gasteiger partial charge in [0.05, 0.1) is 7.11 Å². The molecule has 0 aliphatic rings. The van der Waals surface area contributed by atoms with Crippen molar-refractivity contribution in [3.05, 3.63) is 65.9 Å². The molecule has 1 heterocycles. The first-order valence-corrected chi connectivity index (χ1v) is 7.87. The number of nitrogens with two attached hydrogens (primary N) is 1. The predicted molar refractivity (Wildman–Crippen MR) is 94.5 cm³/mol. The summed E-state index contributed by atoms with van der Waals surface area (Å²) in [6.45, 7) is 2.73. The number of fused-ring (bicyclic) bond motifs is 1. The van der Waals surface area contributed by atoms with E-state index in [0.29, 0.717) is 6.54 Å². The molecule has 0 saturated carbocycles. The normalized spacial score (nSPS) is 13.9. The Morgan fingerprint density at radius 1 is 1.13 bits per heavy atom. The second-order valence-electron chi connectivity index (χ2n) is 5.82. The molecule has 0 fully saturated rings. The third-order valence-corrected chi connectivity index (χ3v) is 4.19. The molecule has 2 atom stereocenters. The van der Waals surface area contributed by atoms with Crippen LogP contribution in [0, 0.1) is 0 Å². The zero-order valence-electron chi connectivity index (χ0n) is 13.5. The van der Waals surface area contributed by atoms with Gasteiger partial charge < -0.3 is 20.8 Å². The first-order valence-electron chi connectivity index (χ1n) is 7.87. The summed E-state index contributed by atoms with van der Waals surface area (Å²) in [4.78, 5) is 3.32. The standard InChI is InChI=1S/C19H23N3O/c1-13(20)19(16-12-21-17-9-5-4-8-15(16)17)22-11-14-7-3-6-10-18(14)23-2/h3-10,12-13,19,21-22H,11,20H2,1-2H3. The van der Waals surface area contributed by atoms with Crippen molar-refractivity contribution >= 4 is 10.9 Å². The smallest absolute Gasteiger partial charge is 0.123 e. The fraction of sp³-hybridized carbons (Fsp3) is 0.263. The number of methoxy groups -OCH3 is 1. The number of para-hydroxylation sites is 2. The predicted octanol–water partition coefficient (Wildman–Crippen LogP) is 3.35. The molecule has 1 aromatic heterocycles. The van der Waals surface area contributed by atoms with Gasteiger partial charge in [0.25, 0.3) is 0 Å². The van der Waals surface area contributed by atoms with Crippen molar-refractivity contribution in [2.45, 2.75) is 25.6 Å². The number of rotatable bonds is 6. The number of aromatic nitrogens is 1. The van der Waals surface area contributed by atoms with Crippen molar-refractivity contribution in [3.8, 4) is 5.75 Å². The molecule has 0 spiro atoms. The molecule has 2 unspecified atom stereocenters. The van der Waals surface area contributed by atoms with Crippen molar-refractivity contribution < 1.29 is 4.74 Å². The number of H-pyrrole nitrogens is 1. The van der Waals surface area contributed by atoms with Gasteiger partial charge in [-0.2, -0.15) is 0 Å². The Morgan fingerprint density at radius 3 is 2.65 bits per heavy atom. The van der Waals surface area contributed by atoms with E-state index in [2.05, 4.69) is 34.6 Å². The molecule has 2 aromatic carbocycles. The quantitative estimate of drug-likeness (QED) is 0.654. The lowest BCUT2D eigenvalue weighted by Gasteiger charge is -2.23. The maximum absolute atomic E-state index is 6.25. The van der Waals surface area contributed by atoms with Crippen LogP contribution in [0.4, 0.5) is 0 Å². The minimum atomic E-state index is -0.0103. The summed E-state index contributed by atoms with van der Waals surface area (Å²) >= 11 is 0. The van der Waals surface area contributed by atoms with Crippen molar-refractivity contribution in [1.82, 2.24) is 10.3 Å². The Hall–Kier alpha value is -2.30. The molecule has 3 rings (SSSR count). The number of hydrogen-bond acceptors (Lipinski definition) is 3. The summed E-state index contributed by atoms with van der Waals surface area (Å²) in [6.07, 6.45) is 2.05. The van der Waals surface area contributed by atoms with Crippen molar-refractivity contribution in [2.75, 3.05) is 7.11 Å². The highest BCUT2D eigenvalue weighted by atomic mass is 16.5. The summed E-state index contributed by atoms with van der Waals surface area (Å²) in [5.74, 6) is 0.891. The summed E-state index contributed by atoms with van der Waals surface area (Å²) in [7, 11) is 1.70. The van der Waals surface area contributed by atoms with Gasteiger partial charge in [-0.1, -0.05) is 36.4 Å². The summed E-state index contributed by atoms with van der Waals surface area (Å²) in [5, 5.41) is 4.79. The molecule has 23 heavy (non-hydrogen) atoms. The van der Waals surface area contributed by atoms with Gasteiger partial charge in [0.15, 0.2) is 0 Å². The highest BCUT2D eigenvalue weighted by Crippen LogP contribution is 2.26. The van der Waals surface area contributed by atoms with Crippen LogP contribution in [0.5, 0.6) is 5.75 Å². The average Bonchev–Trinajstić information content (AvgIpc) is 2.99. The number of benzene rings is 2. The van der Waals surface area contributed by atoms with Crippen LogP contribution >= 0.6 is 0 Å². The van der Waals surface area contributed by atoms with Crippen LogP contribution in [0.15, 0.2) is 54.7 Å². The van der Waals surface area contributed by atoms with Crippen LogP contribution in [0.2, 0.25) is 0 Å². The second kappa shape index (κ2) is 6.86. The monoisotopic (exact) mass is 309 g/mol. The van der Waals surface area contributed by atoms with E-state index in [1.165, 1.54) is 10.9 Å². The number of aromatic amines is 1. The fourth-order valence-corrected chi connectivity index (χ4v) is 3.00. The summed E-state index contributed by atoms with van der Waals surface area (Å²) in [5.41, 5.74) is 9.70. The third kappa shape index (κ3) is 3.23. The SMILES string of the molecule is COc1ccccc1CNC(c1c[nH]c2ccccc12)C(C)N. The topological polar surface area (TPSA) is 63.1 Å². The maximum atomic E-state index is 6.25. The maximum Gasteiger partial charge on any atom is 0.123 e. The second-order valence-corrected chi connectivity index (χ2v) is 5.82. The van der Waals surface area contributed by atoms with E-state index in [1.807, 2.05) is 37.4 Å². The largest absolute Gasteiger partial charge is 0.496 e. The van der Waals surface area contributed by atoms with Gasteiger partial charge in [0.1, 0.15) is 5.75 Å². The molecule has 0 bridgehead atoms. The van der Waals surface area contributed by atoms with Gasteiger partial charge in [-0.25, -0.2) is 0 Å². The molecule has 0 saturated heterocycles. The molecule has 0 aliphatic carbocycles. The van der Waals surface area contributed by atoms with Crippen molar-refractivity contribution in [1.29, 1.82) is 0 Å². The van der Waals surface area contributed by atoms with Crippen LogP contribution in [0.3, 0.4) is 0 Å². The van der Waals surface area contributed by atoms with E-state index in [-0.39, 0.29) is 12.1 Å². The van der Waals surface area contributed by atoms with Crippen LogP contribution in [-0.4, -0.2) is 18.1 Å². The van der Waals surface area contributed by atoms with E-state index in [0.717, 1.165) is 16.8 Å². The number of hydrogen-bond donors (Lipinski definition) is 3. The van der Waals surface area contributed by atoms with Crippen molar-refractivity contribution in [2.24, 2.45) is 5.73 Å². The highest BCUT2D eigenvalue weighted by molar-refractivity contribution is 5.83. The van der Waals surface area contributed by atoms with Crippen LogP contribution < -0.4 is 15.8 Å². The van der Waals surface area contributed by atoms with E-state index < -0.39 is 0 Å². The average molecular weight is 309 g/mol. The number of nitrogens with one attached hydrogen (secondary N) is 2. The highest BCUT2D eigenvalue weighted by Gasteiger charge is 2.19. The van der Waals surface area contributed by atoms with E-state index >= 15 is 0 Å². The Bertz CT molecular complexity index is 779. The minimum absolute atomic E-state index is 0.0103. The Balaban J connectivity index is 1.85. The lowest BCUT2D eigenvalue weighted by Crippen LogP contribution is -2.35. The lowest BCUT2D eigenvalue weighted by atomic mass is 10.00. The molecule has 3 aromatic rings. The summed E-state index contributed by atoms with van der Waals surface area (Å²) < 4.78 is 5.42. The van der Waals surface area contributed by atoms with Gasteiger partial charge in [0.2, 0.25) is 0 Å². The van der Waals surface area contributed by atoms with Gasteiger partial charge in [-0.3, -0.25) is 0 Å². The molecule has 4 N–H and O–H groups in total. The number of ether oxygens (including phenoxy) is 1. The fourth-order valence-electron chi connectivity index (χ4n) is 3.00. The van der Waals surface area contributed by atoms with Crippen LogP contribution in [0.1, 0.15) is 24.1 Å². The molecule has 0 amide bonds. The minimum Gasteiger partial charge on any atom is -0.496 e. The Kier molecular flexibility index (Phi) is 4.65. The first-order chi connectivity index (χ1) is 11.2. The Morgan fingerprint density at radius 2 is 1.87 bits per heavy atom. The van der Waals surface area contributed by atoms with Gasteiger partial charge in [0, 0.05) is 41.3 Å². The molecule has 0 radical (unpaired) electrons. The van der Waals surface area contributed by atoms with Crippen molar-refractivity contribution in [3.63, 3.8) is 0 Å². The first kappa shape index (κ1) is 15.6. The van der Waals surface area contributed by atoms with Crippen LogP contribution in [-0.2, 0) is 6.54 Å². The zero-order valence-corrected chi connectivity index (χ0v) is 13.5. The molecule has 4 nitrogen and oxygen atoms in total. The Labute approximate surface area is 136 Å². The molecule has 0 aliphatic heterocycles. The van der Waals surface area contributed by atoms with Gasteiger partial charge in [-0.05, 0) is 24.6 Å². The molecule has 4 heteroatoms. The molecule has 120 valence electrons. The van der Waals surface area contributed by atoms with Gasteiger partial charge >= 0.3 is 0 Å². The zero-order chi connectivity index (χ0) is 16.2. The third-order valence-electron chi connectivity index (χ3n) is 4.19. The van der Waals surface area contributed by atoms with E-state index in [4.69, 9.17) is 10.5 Å².